The number of carbonyl (C=O) groups excluding carboxylic acids is 3. The Bertz CT molecular complexity index is 1240. The molecule has 0 unspecified atom stereocenters. The number of nitrogens with zero attached hydrogens (tertiary/aromatic N) is 1. The van der Waals surface area contributed by atoms with E-state index in [2.05, 4.69) is 5.32 Å². The first-order valence-corrected chi connectivity index (χ1v) is 10.9. The van der Waals surface area contributed by atoms with Gasteiger partial charge in [-0.15, -0.1) is 0 Å². The number of nitrogens with one attached hydrogen (secondary N) is 1. The third-order valence-electron chi connectivity index (χ3n) is 5.97. The average molecular weight is 459 g/mol. The molecule has 0 bridgehead atoms. The second-order valence-corrected chi connectivity index (χ2v) is 8.11. The van der Waals surface area contributed by atoms with Crippen molar-refractivity contribution >= 4 is 23.3 Å². The van der Waals surface area contributed by atoms with Crippen LogP contribution in [0.25, 0.3) is 0 Å². The van der Waals surface area contributed by atoms with Gasteiger partial charge in [0.15, 0.2) is 17.3 Å². The van der Waals surface area contributed by atoms with E-state index in [0.717, 1.165) is 11.1 Å². The van der Waals surface area contributed by atoms with Gasteiger partial charge < -0.3 is 19.7 Å². The molecule has 7 heteroatoms. The molecule has 34 heavy (non-hydrogen) atoms. The van der Waals surface area contributed by atoms with Crippen LogP contribution in [-0.2, 0) is 11.3 Å². The minimum Gasteiger partial charge on any atom is -0.493 e. The van der Waals surface area contributed by atoms with Crippen molar-refractivity contribution in [1.82, 2.24) is 4.90 Å². The van der Waals surface area contributed by atoms with E-state index >= 15 is 0 Å². The number of ether oxygens (including phenoxy) is 2. The van der Waals surface area contributed by atoms with Crippen LogP contribution >= 0.6 is 0 Å². The number of ketones is 1. The summed E-state index contributed by atoms with van der Waals surface area (Å²) >= 11 is 0. The van der Waals surface area contributed by atoms with E-state index in [9.17, 15) is 14.4 Å². The highest BCUT2D eigenvalue weighted by Crippen LogP contribution is 2.37. The zero-order valence-corrected chi connectivity index (χ0v) is 19.3. The number of anilines is 1. The van der Waals surface area contributed by atoms with Gasteiger partial charge in [0.2, 0.25) is 5.91 Å². The van der Waals surface area contributed by atoms with Gasteiger partial charge in [0.25, 0.3) is 5.91 Å². The molecular formula is C27H26N2O5. The number of benzene rings is 3. The monoisotopic (exact) mass is 458 g/mol. The summed E-state index contributed by atoms with van der Waals surface area (Å²) in [4.78, 5) is 39.5. The van der Waals surface area contributed by atoms with Crippen molar-refractivity contribution in [3.8, 4) is 11.5 Å². The first-order chi connectivity index (χ1) is 16.4. The van der Waals surface area contributed by atoms with Crippen LogP contribution in [0.2, 0.25) is 0 Å². The lowest BCUT2D eigenvalue weighted by Gasteiger charge is -2.28. The maximum atomic E-state index is 13.2. The molecule has 0 saturated carbocycles. The fraction of sp³-hybridized carbons (Fsp3) is 0.222. The van der Waals surface area contributed by atoms with Crippen molar-refractivity contribution in [2.24, 2.45) is 0 Å². The Balaban J connectivity index is 1.62. The van der Waals surface area contributed by atoms with E-state index in [1.165, 1.54) is 6.92 Å². The highest BCUT2D eigenvalue weighted by Gasteiger charge is 2.34. The second-order valence-electron chi connectivity index (χ2n) is 8.11. The van der Waals surface area contributed by atoms with Crippen LogP contribution < -0.4 is 14.8 Å². The summed E-state index contributed by atoms with van der Waals surface area (Å²) in [6, 6.07) is 19.1. The smallest absolute Gasteiger partial charge is 0.255 e. The molecule has 0 aliphatic carbocycles. The Morgan fingerprint density at radius 3 is 2.32 bits per heavy atom. The van der Waals surface area contributed by atoms with Gasteiger partial charge in [-0.2, -0.15) is 0 Å². The van der Waals surface area contributed by atoms with Gasteiger partial charge in [0.1, 0.15) is 0 Å². The van der Waals surface area contributed by atoms with E-state index in [-0.39, 0.29) is 24.0 Å². The molecule has 2 amide bonds. The lowest BCUT2D eigenvalue weighted by molar-refractivity contribution is -0.117. The largest absolute Gasteiger partial charge is 0.493 e. The van der Waals surface area contributed by atoms with E-state index in [1.807, 2.05) is 24.3 Å². The minimum absolute atomic E-state index is 0.0431. The third-order valence-corrected chi connectivity index (χ3v) is 5.97. The normalized spacial score (nSPS) is 13.3. The van der Waals surface area contributed by atoms with E-state index in [1.54, 1.807) is 61.6 Å². The van der Waals surface area contributed by atoms with Gasteiger partial charge in [-0.25, -0.2) is 0 Å². The van der Waals surface area contributed by atoms with Crippen LogP contribution in [0.5, 0.6) is 11.5 Å². The lowest BCUT2D eigenvalue weighted by Crippen LogP contribution is -2.32. The summed E-state index contributed by atoms with van der Waals surface area (Å²) in [5.41, 5.74) is 3.49. The number of carbonyl (C=O) groups is 3. The van der Waals surface area contributed by atoms with Crippen LogP contribution in [-0.4, -0.2) is 36.7 Å². The van der Waals surface area contributed by atoms with Crippen molar-refractivity contribution in [3.05, 3.63) is 89.0 Å². The molecule has 1 aliphatic rings. The van der Waals surface area contributed by atoms with E-state index < -0.39 is 6.04 Å². The molecule has 4 rings (SSSR count). The number of methoxy groups -OCH3 is 2. The lowest BCUT2D eigenvalue weighted by atomic mass is 10.0. The van der Waals surface area contributed by atoms with Crippen molar-refractivity contribution in [1.29, 1.82) is 0 Å². The Morgan fingerprint density at radius 1 is 0.971 bits per heavy atom. The zero-order chi connectivity index (χ0) is 24.2. The zero-order valence-electron chi connectivity index (χ0n) is 19.3. The van der Waals surface area contributed by atoms with Crippen LogP contribution in [0.15, 0.2) is 66.7 Å². The fourth-order valence-corrected chi connectivity index (χ4v) is 4.17. The molecule has 0 aromatic heterocycles. The molecule has 3 aromatic carbocycles. The average Bonchev–Trinajstić information content (AvgIpc) is 3.18. The van der Waals surface area contributed by atoms with Crippen LogP contribution in [0.1, 0.15) is 51.2 Å². The second kappa shape index (κ2) is 9.79. The molecule has 1 heterocycles. The molecule has 3 aromatic rings. The van der Waals surface area contributed by atoms with Crippen LogP contribution in [0, 0.1) is 0 Å². The number of hydrogen-bond donors (Lipinski definition) is 1. The van der Waals surface area contributed by atoms with Crippen molar-refractivity contribution in [3.63, 3.8) is 0 Å². The quantitative estimate of drug-likeness (QED) is 0.498. The molecular weight excluding hydrogens is 432 g/mol. The Hall–Kier alpha value is -4.13. The van der Waals surface area contributed by atoms with Gasteiger partial charge in [0.05, 0.1) is 26.7 Å². The topological polar surface area (TPSA) is 84.9 Å². The van der Waals surface area contributed by atoms with E-state index in [0.29, 0.717) is 34.9 Å². The first-order valence-electron chi connectivity index (χ1n) is 10.9. The van der Waals surface area contributed by atoms with Gasteiger partial charge in [-0.3, -0.25) is 14.4 Å². The maximum absolute atomic E-state index is 13.2. The Labute approximate surface area is 198 Å². The molecule has 0 radical (unpaired) electrons. The molecule has 7 nitrogen and oxygen atoms in total. The first kappa shape index (κ1) is 23.0. The van der Waals surface area contributed by atoms with E-state index in [4.69, 9.17) is 9.47 Å². The SMILES string of the molecule is COc1ccc([C@H](CC(=O)Nc2ccc(C(C)=O)cc2)N2Cc3ccccc3C2=O)cc1OC. The number of fused-ring (bicyclic) bond motifs is 1. The fourth-order valence-electron chi connectivity index (χ4n) is 4.17. The third kappa shape index (κ3) is 4.64. The van der Waals surface area contributed by atoms with Crippen LogP contribution in [0.4, 0.5) is 5.69 Å². The summed E-state index contributed by atoms with van der Waals surface area (Å²) in [5.74, 6) is 0.678. The standard InChI is InChI=1S/C27H26N2O5/c1-17(30)18-8-11-21(12-9-18)28-26(31)15-23(19-10-13-24(33-2)25(14-19)34-3)29-16-20-6-4-5-7-22(20)27(29)32/h4-14,23H,15-16H2,1-3H3,(H,28,31)/t23-/m0/s1. The van der Waals surface area contributed by atoms with Crippen LogP contribution in [0.3, 0.4) is 0 Å². The predicted octanol–water partition coefficient (Wildman–Crippen LogP) is 4.63. The summed E-state index contributed by atoms with van der Waals surface area (Å²) in [6.07, 6.45) is 0.0453. The number of Topliss-reactive ketones (excluding diaryl/α,β-unsaturated/α-hetero) is 1. The van der Waals surface area contributed by atoms with Gasteiger partial charge >= 0.3 is 0 Å². The number of rotatable bonds is 8. The van der Waals surface area contributed by atoms with Crippen molar-refractivity contribution in [2.75, 3.05) is 19.5 Å². The van der Waals surface area contributed by atoms with Gasteiger partial charge in [-0.05, 0) is 60.5 Å². The number of amides is 2. The highest BCUT2D eigenvalue weighted by molar-refractivity contribution is 5.99. The molecule has 0 spiro atoms. The summed E-state index contributed by atoms with van der Waals surface area (Å²) in [7, 11) is 3.10. The Morgan fingerprint density at radius 2 is 1.68 bits per heavy atom. The summed E-state index contributed by atoms with van der Waals surface area (Å²) < 4.78 is 10.8. The van der Waals surface area contributed by atoms with Crippen molar-refractivity contribution in [2.45, 2.75) is 25.9 Å². The summed E-state index contributed by atoms with van der Waals surface area (Å²) in [5, 5.41) is 2.87. The molecule has 1 aliphatic heterocycles. The molecule has 1 N–H and O–H groups in total. The molecule has 174 valence electrons. The number of hydrogen-bond acceptors (Lipinski definition) is 5. The predicted molar refractivity (Wildman–Crippen MR) is 128 cm³/mol. The minimum atomic E-state index is -0.517. The Kier molecular flexibility index (Phi) is 6.63. The molecule has 0 saturated heterocycles. The van der Waals surface area contributed by atoms with Gasteiger partial charge in [-0.1, -0.05) is 24.3 Å². The van der Waals surface area contributed by atoms with Gasteiger partial charge in [0, 0.05) is 23.4 Å². The highest BCUT2D eigenvalue weighted by atomic mass is 16.5. The summed E-state index contributed by atoms with van der Waals surface area (Å²) in [6.45, 7) is 1.90. The maximum Gasteiger partial charge on any atom is 0.255 e. The molecule has 1 atom stereocenters. The molecule has 0 fully saturated rings. The van der Waals surface area contributed by atoms with Crippen molar-refractivity contribution < 1.29 is 23.9 Å².